The molecule has 32 heavy (non-hydrogen) atoms. The lowest BCUT2D eigenvalue weighted by molar-refractivity contribution is 0.0776. The molecule has 0 bridgehead atoms. The van der Waals surface area contributed by atoms with E-state index in [0.717, 1.165) is 17.0 Å². The molecule has 0 aliphatic carbocycles. The Hall–Kier alpha value is -3.40. The fourth-order valence-electron chi connectivity index (χ4n) is 3.43. The van der Waals surface area contributed by atoms with Gasteiger partial charge in [-0.2, -0.15) is 10.2 Å². The highest BCUT2D eigenvalue weighted by Gasteiger charge is 2.22. The van der Waals surface area contributed by atoms with Gasteiger partial charge in [0.05, 0.1) is 17.6 Å². The molecule has 166 valence electrons. The number of aryl methyl sites for hydroxylation is 3. The predicted octanol–water partition coefficient (Wildman–Crippen LogP) is 3.35. The molecule has 0 fully saturated rings. The van der Waals surface area contributed by atoms with E-state index in [1.54, 1.807) is 44.2 Å². The zero-order chi connectivity index (χ0) is 22.8. The second kappa shape index (κ2) is 8.99. The Labute approximate surface area is 189 Å². The number of thioether (sulfide) groups is 1. The first-order chi connectivity index (χ1) is 15.3. The second-order valence-corrected chi connectivity index (χ2v) is 8.52. The van der Waals surface area contributed by atoms with Crippen LogP contribution in [0.5, 0.6) is 0 Å². The normalized spacial score (nSPS) is 11.2. The van der Waals surface area contributed by atoms with Crippen molar-refractivity contribution in [2.24, 2.45) is 14.1 Å². The third-order valence-corrected chi connectivity index (χ3v) is 6.01. The molecule has 10 heteroatoms. The minimum absolute atomic E-state index is 0.185. The van der Waals surface area contributed by atoms with Gasteiger partial charge in [0.1, 0.15) is 11.5 Å². The van der Waals surface area contributed by atoms with E-state index >= 15 is 0 Å². The summed E-state index contributed by atoms with van der Waals surface area (Å²) >= 11 is 1.47. The van der Waals surface area contributed by atoms with Gasteiger partial charge >= 0.3 is 0 Å². The Kier molecular flexibility index (Phi) is 6.13. The number of aromatic nitrogens is 6. The van der Waals surface area contributed by atoms with Crippen LogP contribution in [0.2, 0.25) is 0 Å². The van der Waals surface area contributed by atoms with Crippen molar-refractivity contribution in [1.29, 1.82) is 0 Å². The van der Waals surface area contributed by atoms with Gasteiger partial charge in [-0.05, 0) is 37.3 Å². The van der Waals surface area contributed by atoms with Crippen molar-refractivity contribution in [3.8, 4) is 5.69 Å². The number of carbonyl (C=O) groups is 1. The first-order valence-electron chi connectivity index (χ1n) is 10.0. The van der Waals surface area contributed by atoms with Crippen molar-refractivity contribution in [1.82, 2.24) is 34.0 Å². The molecular weight excluding hydrogens is 429 g/mol. The van der Waals surface area contributed by atoms with Crippen LogP contribution in [0.25, 0.3) is 5.69 Å². The van der Waals surface area contributed by atoms with Gasteiger partial charge in [0.2, 0.25) is 0 Å². The van der Waals surface area contributed by atoms with Gasteiger partial charge in [-0.15, -0.1) is 0 Å². The Morgan fingerprint density at radius 1 is 1.12 bits per heavy atom. The van der Waals surface area contributed by atoms with E-state index < -0.39 is 0 Å². The maximum Gasteiger partial charge on any atom is 0.272 e. The maximum atomic E-state index is 13.5. The molecule has 0 N–H and O–H groups in total. The van der Waals surface area contributed by atoms with E-state index in [-0.39, 0.29) is 11.7 Å². The number of amides is 1. The molecule has 3 aromatic heterocycles. The molecule has 3 heterocycles. The summed E-state index contributed by atoms with van der Waals surface area (Å²) in [6, 6.07) is 7.97. The van der Waals surface area contributed by atoms with Crippen LogP contribution in [-0.2, 0) is 26.4 Å². The summed E-state index contributed by atoms with van der Waals surface area (Å²) < 4.78 is 18.8. The third-order valence-electron chi connectivity index (χ3n) is 5.02. The number of imidazole rings is 1. The van der Waals surface area contributed by atoms with Gasteiger partial charge in [-0.25, -0.2) is 9.37 Å². The number of nitrogens with zero attached hydrogens (tertiary/aromatic N) is 7. The number of hydrogen-bond donors (Lipinski definition) is 0. The summed E-state index contributed by atoms with van der Waals surface area (Å²) in [6.07, 6.45) is 5.36. The minimum atomic E-state index is -0.339. The number of halogens is 1. The van der Waals surface area contributed by atoms with E-state index in [1.807, 2.05) is 39.5 Å². The average Bonchev–Trinajstić information content (AvgIpc) is 3.45. The lowest BCUT2D eigenvalue weighted by atomic mass is 10.2. The number of rotatable bonds is 7. The lowest BCUT2D eigenvalue weighted by Crippen LogP contribution is -2.28. The topological polar surface area (TPSA) is 73.8 Å². The van der Waals surface area contributed by atoms with Crippen LogP contribution in [0, 0.1) is 12.7 Å². The van der Waals surface area contributed by atoms with E-state index in [2.05, 4.69) is 15.2 Å². The van der Waals surface area contributed by atoms with Crippen molar-refractivity contribution in [2.45, 2.75) is 24.4 Å². The Bertz CT molecular complexity index is 1240. The highest BCUT2D eigenvalue weighted by Crippen LogP contribution is 2.27. The molecule has 0 saturated heterocycles. The van der Waals surface area contributed by atoms with Crippen LogP contribution in [0.1, 0.15) is 27.4 Å². The highest BCUT2D eigenvalue weighted by molar-refractivity contribution is 7.98. The van der Waals surface area contributed by atoms with Crippen molar-refractivity contribution in [3.05, 3.63) is 77.4 Å². The number of hydrogen-bond acceptors (Lipinski definition) is 5. The summed E-state index contributed by atoms with van der Waals surface area (Å²) in [4.78, 5) is 19.5. The molecule has 0 atom stereocenters. The second-order valence-electron chi connectivity index (χ2n) is 7.58. The van der Waals surface area contributed by atoms with Crippen LogP contribution < -0.4 is 0 Å². The molecule has 0 saturated carbocycles. The smallest absolute Gasteiger partial charge is 0.272 e. The van der Waals surface area contributed by atoms with Crippen LogP contribution in [0.3, 0.4) is 0 Å². The predicted molar refractivity (Wildman–Crippen MR) is 120 cm³/mol. The average molecular weight is 454 g/mol. The van der Waals surface area contributed by atoms with E-state index in [1.165, 1.54) is 23.9 Å². The van der Waals surface area contributed by atoms with Crippen molar-refractivity contribution in [3.63, 3.8) is 0 Å². The molecule has 0 aliphatic heterocycles. The fourth-order valence-corrected chi connectivity index (χ4v) is 4.32. The molecular formula is C22H24FN7OS. The largest absolute Gasteiger partial charge is 0.336 e. The molecule has 0 spiro atoms. The fraction of sp³-hybridized carbons (Fsp3) is 0.273. The van der Waals surface area contributed by atoms with Gasteiger partial charge in [0.15, 0.2) is 5.16 Å². The molecule has 4 rings (SSSR count). The van der Waals surface area contributed by atoms with Crippen molar-refractivity contribution < 1.29 is 9.18 Å². The van der Waals surface area contributed by atoms with E-state index in [9.17, 15) is 9.18 Å². The van der Waals surface area contributed by atoms with Crippen LogP contribution in [-0.4, -0.2) is 47.0 Å². The molecule has 1 amide bonds. The quantitative estimate of drug-likeness (QED) is 0.401. The number of carbonyl (C=O) groups excluding carboxylic acids is 1. The molecule has 8 nitrogen and oxygen atoms in total. The minimum Gasteiger partial charge on any atom is -0.336 e. The lowest BCUT2D eigenvalue weighted by Gasteiger charge is -2.18. The third kappa shape index (κ3) is 4.59. The highest BCUT2D eigenvalue weighted by atomic mass is 32.2. The summed E-state index contributed by atoms with van der Waals surface area (Å²) in [7, 11) is 5.47. The van der Waals surface area contributed by atoms with Crippen LogP contribution >= 0.6 is 11.8 Å². The van der Waals surface area contributed by atoms with Gasteiger partial charge < -0.3 is 4.90 Å². The Balaban J connectivity index is 1.64. The Morgan fingerprint density at radius 3 is 2.50 bits per heavy atom. The zero-order valence-electron chi connectivity index (χ0n) is 18.4. The van der Waals surface area contributed by atoms with Gasteiger partial charge in [-0.3, -0.25) is 18.7 Å². The monoisotopic (exact) mass is 453 g/mol. The maximum absolute atomic E-state index is 13.5. The van der Waals surface area contributed by atoms with Crippen LogP contribution in [0.15, 0.2) is 54.1 Å². The Morgan fingerprint density at radius 2 is 1.88 bits per heavy atom. The van der Waals surface area contributed by atoms with Crippen molar-refractivity contribution >= 4 is 17.7 Å². The van der Waals surface area contributed by atoms with E-state index in [0.29, 0.717) is 28.8 Å². The summed E-state index contributed by atoms with van der Waals surface area (Å²) in [5.74, 6) is 0.0700. The van der Waals surface area contributed by atoms with Crippen LogP contribution in [0.4, 0.5) is 4.39 Å². The molecule has 0 unspecified atom stereocenters. The molecule has 0 radical (unpaired) electrons. The van der Waals surface area contributed by atoms with E-state index in [4.69, 9.17) is 0 Å². The molecule has 1 aromatic carbocycles. The first-order valence-corrected chi connectivity index (χ1v) is 11.0. The van der Waals surface area contributed by atoms with Gasteiger partial charge in [0.25, 0.3) is 5.91 Å². The SMILES string of the molecule is Cc1nn(C)cc1CN(C)C(=O)c1cnc(SCc2ccn(C)n2)n1-c1ccc(F)cc1. The standard InChI is InChI=1S/C22H24FN7OS/c1-15-16(13-29(4)25-15)12-27(2)21(31)20-11-24-22(32-14-18-9-10-28(3)26-18)30(20)19-7-5-17(23)6-8-19/h5-11,13H,12,14H2,1-4H3. The summed E-state index contributed by atoms with van der Waals surface area (Å²) in [6.45, 7) is 2.34. The van der Waals surface area contributed by atoms with Crippen molar-refractivity contribution in [2.75, 3.05) is 7.05 Å². The van der Waals surface area contributed by atoms with Gasteiger partial charge in [-0.1, -0.05) is 11.8 Å². The molecule has 0 aliphatic rings. The summed E-state index contributed by atoms with van der Waals surface area (Å²) in [5, 5.41) is 9.37. The number of benzene rings is 1. The van der Waals surface area contributed by atoms with Gasteiger partial charge in [0, 0.05) is 57.1 Å². The first kappa shape index (κ1) is 21.8. The zero-order valence-corrected chi connectivity index (χ0v) is 19.2. The summed E-state index contributed by atoms with van der Waals surface area (Å²) in [5.41, 5.74) is 3.83. The molecule has 4 aromatic rings.